The van der Waals surface area contributed by atoms with E-state index in [2.05, 4.69) is 11.2 Å². The molecule has 3 aromatic rings. The molecule has 0 aliphatic heterocycles. The fourth-order valence-electron chi connectivity index (χ4n) is 4.70. The zero-order valence-electron chi connectivity index (χ0n) is 20.1. The normalized spacial score (nSPS) is 14.7. The Hall–Kier alpha value is -3.91. The molecule has 36 heavy (non-hydrogen) atoms. The number of hydrogen-bond acceptors (Lipinski definition) is 6. The molecule has 0 amide bonds. The molecule has 8 heteroatoms. The van der Waals surface area contributed by atoms with Crippen LogP contribution in [0.15, 0.2) is 77.7 Å². The van der Waals surface area contributed by atoms with Gasteiger partial charge in [-0.05, 0) is 36.1 Å². The van der Waals surface area contributed by atoms with Gasteiger partial charge < -0.3 is 20.3 Å². The fraction of sp³-hybridized carbons (Fsp3) is 0.321. The molecule has 1 saturated carbocycles. The minimum absolute atomic E-state index is 0.0248. The van der Waals surface area contributed by atoms with E-state index < -0.39 is 17.1 Å². The van der Waals surface area contributed by atoms with Crippen LogP contribution in [0.4, 0.5) is 0 Å². The van der Waals surface area contributed by atoms with Crippen LogP contribution in [0.25, 0.3) is 0 Å². The molecule has 0 saturated heterocycles. The van der Waals surface area contributed by atoms with E-state index in [4.69, 9.17) is 15.2 Å². The van der Waals surface area contributed by atoms with Gasteiger partial charge in [0.05, 0.1) is 12.7 Å². The molecule has 3 N–H and O–H groups in total. The van der Waals surface area contributed by atoms with Crippen LogP contribution in [0.3, 0.4) is 0 Å². The summed E-state index contributed by atoms with van der Waals surface area (Å²) in [5.74, 6) is -0.644. The summed E-state index contributed by atoms with van der Waals surface area (Å²) in [5, 5.41) is 13.8. The van der Waals surface area contributed by atoms with Gasteiger partial charge in [0.2, 0.25) is 5.69 Å². The average Bonchev–Trinajstić information content (AvgIpc) is 3.37. The smallest absolute Gasteiger partial charge is 0.360 e. The highest BCUT2D eigenvalue weighted by Crippen LogP contribution is 2.43. The third-order valence-corrected chi connectivity index (χ3v) is 6.49. The van der Waals surface area contributed by atoms with Crippen molar-refractivity contribution < 1.29 is 19.4 Å². The molecule has 2 aromatic carbocycles. The van der Waals surface area contributed by atoms with Crippen LogP contribution < -0.4 is 20.6 Å². The van der Waals surface area contributed by atoms with Crippen LogP contribution in [0.5, 0.6) is 11.5 Å². The van der Waals surface area contributed by atoms with Crippen molar-refractivity contribution in [2.24, 2.45) is 5.73 Å². The maximum Gasteiger partial charge on any atom is 0.360 e. The van der Waals surface area contributed by atoms with Gasteiger partial charge in [0.25, 0.3) is 5.43 Å². The predicted molar refractivity (Wildman–Crippen MR) is 137 cm³/mol. The number of rotatable bonds is 11. The first-order valence-corrected chi connectivity index (χ1v) is 12.1. The molecule has 1 aliphatic carbocycles. The monoisotopic (exact) mass is 489 g/mol. The summed E-state index contributed by atoms with van der Waals surface area (Å²) < 4.78 is 13.2. The number of benzene rings is 2. The Bertz CT molecular complexity index is 1260. The largest absolute Gasteiger partial charge is 0.490 e. The van der Waals surface area contributed by atoms with E-state index in [9.17, 15) is 14.7 Å². The predicted octanol–water partition coefficient (Wildman–Crippen LogP) is 3.93. The Kier molecular flexibility index (Phi) is 8.17. The Balaban J connectivity index is 1.62. The van der Waals surface area contributed by atoms with Gasteiger partial charge in [-0.3, -0.25) is 9.48 Å². The van der Waals surface area contributed by atoms with Gasteiger partial charge in [0.15, 0.2) is 5.75 Å². The summed E-state index contributed by atoms with van der Waals surface area (Å²) in [4.78, 5) is 24.6. The van der Waals surface area contributed by atoms with Gasteiger partial charge in [-0.25, -0.2) is 4.79 Å². The first kappa shape index (κ1) is 25.2. The quantitative estimate of drug-likeness (QED) is 0.392. The van der Waals surface area contributed by atoms with E-state index in [0.29, 0.717) is 19.7 Å². The molecule has 0 radical (unpaired) electrons. The van der Waals surface area contributed by atoms with Crippen LogP contribution in [0.2, 0.25) is 0 Å². The molecular formula is C28H31N3O5. The van der Waals surface area contributed by atoms with Crippen molar-refractivity contribution in [1.82, 2.24) is 9.78 Å². The van der Waals surface area contributed by atoms with Crippen LogP contribution >= 0.6 is 0 Å². The molecule has 0 spiro atoms. The summed E-state index contributed by atoms with van der Waals surface area (Å²) in [6, 6.07) is 17.4. The van der Waals surface area contributed by atoms with Crippen molar-refractivity contribution in [2.75, 3.05) is 13.2 Å². The number of nitrogens with two attached hydrogens (primary N) is 1. The lowest BCUT2D eigenvalue weighted by Gasteiger charge is -2.30. The number of carboxylic acids is 1. The third-order valence-electron chi connectivity index (χ3n) is 6.49. The summed E-state index contributed by atoms with van der Waals surface area (Å²) in [7, 11) is 0. The lowest BCUT2D eigenvalue weighted by Crippen LogP contribution is -2.32. The van der Waals surface area contributed by atoms with Crippen LogP contribution in [-0.4, -0.2) is 34.0 Å². The topological polar surface area (TPSA) is 117 Å². The zero-order valence-corrected chi connectivity index (χ0v) is 20.1. The first-order valence-electron chi connectivity index (χ1n) is 12.1. The molecule has 1 fully saturated rings. The lowest BCUT2D eigenvalue weighted by atomic mass is 9.78. The highest BCUT2D eigenvalue weighted by atomic mass is 16.5. The standard InChI is InChI=1S/C28H31N3O5/c29-15-6-7-16-35-23-12-8-11-22(17-23)28(13-4-5-14-28)20-31-18-24(26(32)25(30-31)27(33)34)36-19-21-9-2-1-3-10-21/h1-3,6-12,17-18H,4-5,13-16,19-20,29H2,(H,33,34)/b7-6+. The molecule has 0 unspecified atom stereocenters. The van der Waals surface area contributed by atoms with Gasteiger partial charge in [0, 0.05) is 12.0 Å². The van der Waals surface area contributed by atoms with Crippen molar-refractivity contribution in [3.05, 3.63) is 100.0 Å². The van der Waals surface area contributed by atoms with Crippen LogP contribution in [-0.2, 0) is 18.6 Å². The number of carboxylic acid groups (broad SMARTS) is 1. The van der Waals surface area contributed by atoms with Gasteiger partial charge >= 0.3 is 5.97 Å². The minimum Gasteiger partial charge on any atom is -0.490 e. The molecule has 1 aromatic heterocycles. The van der Waals surface area contributed by atoms with Gasteiger partial charge in [0.1, 0.15) is 19.0 Å². The maximum atomic E-state index is 12.8. The molecule has 4 rings (SSSR count). The Morgan fingerprint density at radius 3 is 2.58 bits per heavy atom. The molecule has 188 valence electrons. The molecule has 0 bridgehead atoms. The van der Waals surface area contributed by atoms with E-state index in [1.165, 1.54) is 6.20 Å². The second-order valence-corrected chi connectivity index (χ2v) is 8.98. The number of hydrogen-bond donors (Lipinski definition) is 2. The summed E-state index contributed by atoms with van der Waals surface area (Å²) in [6.07, 6.45) is 9.19. The second-order valence-electron chi connectivity index (χ2n) is 8.98. The molecular weight excluding hydrogens is 458 g/mol. The van der Waals surface area contributed by atoms with Crippen molar-refractivity contribution in [3.63, 3.8) is 0 Å². The summed E-state index contributed by atoms with van der Waals surface area (Å²) in [5.41, 5.74) is 5.93. The number of aromatic nitrogens is 2. The first-order chi connectivity index (χ1) is 17.5. The second kappa shape index (κ2) is 11.7. The zero-order chi connectivity index (χ0) is 25.4. The number of nitrogens with zero attached hydrogens (tertiary/aromatic N) is 2. The molecule has 8 nitrogen and oxygen atoms in total. The van der Waals surface area contributed by atoms with E-state index in [0.717, 1.165) is 42.6 Å². The summed E-state index contributed by atoms with van der Waals surface area (Å²) in [6.45, 7) is 1.47. The van der Waals surface area contributed by atoms with Crippen molar-refractivity contribution >= 4 is 5.97 Å². The number of carbonyl (C=O) groups is 1. The van der Waals surface area contributed by atoms with E-state index in [1.807, 2.05) is 60.7 Å². The number of aromatic carboxylic acids is 1. The minimum atomic E-state index is -1.37. The van der Waals surface area contributed by atoms with Crippen molar-refractivity contribution in [2.45, 2.75) is 44.2 Å². The molecule has 1 aliphatic rings. The van der Waals surface area contributed by atoms with E-state index >= 15 is 0 Å². The van der Waals surface area contributed by atoms with Gasteiger partial charge in [-0.1, -0.05) is 67.5 Å². The third kappa shape index (κ3) is 6.01. The Labute approximate surface area is 210 Å². The van der Waals surface area contributed by atoms with E-state index in [-0.39, 0.29) is 17.8 Å². The SMILES string of the molecule is NC/C=C/COc1cccc(C2(Cn3cc(OCc4ccccc4)c(=O)c(C(=O)O)n3)CCCC2)c1. The van der Waals surface area contributed by atoms with E-state index in [1.54, 1.807) is 4.68 Å². The van der Waals surface area contributed by atoms with Crippen molar-refractivity contribution in [1.29, 1.82) is 0 Å². The summed E-state index contributed by atoms with van der Waals surface area (Å²) >= 11 is 0. The van der Waals surface area contributed by atoms with Crippen LogP contribution in [0, 0.1) is 0 Å². The fourth-order valence-corrected chi connectivity index (χ4v) is 4.70. The van der Waals surface area contributed by atoms with Crippen LogP contribution in [0.1, 0.15) is 47.3 Å². The lowest BCUT2D eigenvalue weighted by molar-refractivity contribution is 0.0684. The number of ether oxygens (including phenoxy) is 2. The Morgan fingerprint density at radius 1 is 1.08 bits per heavy atom. The highest BCUT2D eigenvalue weighted by molar-refractivity contribution is 5.85. The van der Waals surface area contributed by atoms with Gasteiger partial charge in [-0.2, -0.15) is 5.10 Å². The maximum absolute atomic E-state index is 12.8. The molecule has 1 heterocycles. The average molecular weight is 490 g/mol. The Morgan fingerprint density at radius 2 is 1.86 bits per heavy atom. The van der Waals surface area contributed by atoms with Gasteiger partial charge in [-0.15, -0.1) is 0 Å². The van der Waals surface area contributed by atoms with Crippen molar-refractivity contribution in [3.8, 4) is 11.5 Å². The molecule has 0 atom stereocenters. The highest BCUT2D eigenvalue weighted by Gasteiger charge is 2.37.